The average molecular weight is 292 g/mol. The third-order valence-corrected chi connectivity index (χ3v) is 3.81. The minimum atomic E-state index is -0.790. The van der Waals surface area contributed by atoms with Crippen LogP contribution in [0.3, 0.4) is 0 Å². The van der Waals surface area contributed by atoms with E-state index in [9.17, 15) is 9.50 Å². The first-order valence-corrected chi connectivity index (χ1v) is 7.54. The molecule has 2 aromatic rings. The molecule has 2 aromatic carbocycles. The van der Waals surface area contributed by atoms with Crippen molar-refractivity contribution in [3.63, 3.8) is 0 Å². The van der Waals surface area contributed by atoms with Crippen molar-refractivity contribution in [2.75, 3.05) is 6.26 Å². The number of benzene rings is 2. The molecule has 4 heteroatoms. The molecule has 0 aliphatic carbocycles. The van der Waals surface area contributed by atoms with Crippen molar-refractivity contribution in [1.29, 1.82) is 0 Å². The minimum absolute atomic E-state index is 0.341. The van der Waals surface area contributed by atoms with E-state index in [2.05, 4.69) is 0 Å². The number of ether oxygens (including phenoxy) is 1. The van der Waals surface area contributed by atoms with Crippen LogP contribution < -0.4 is 4.74 Å². The summed E-state index contributed by atoms with van der Waals surface area (Å²) in [5.74, 6) is 0.847. The van der Waals surface area contributed by atoms with E-state index in [1.165, 1.54) is 6.07 Å². The van der Waals surface area contributed by atoms with Gasteiger partial charge in [0.05, 0.1) is 6.10 Å². The van der Waals surface area contributed by atoms with Crippen LogP contribution in [0.5, 0.6) is 11.5 Å². The molecule has 1 N–H and O–H groups in total. The van der Waals surface area contributed by atoms with E-state index in [1.54, 1.807) is 31.7 Å². The number of thioether (sulfide) groups is 1. The molecule has 0 amide bonds. The molecule has 0 aliphatic rings. The Labute approximate surface area is 122 Å². The van der Waals surface area contributed by atoms with Crippen LogP contribution in [0.25, 0.3) is 0 Å². The van der Waals surface area contributed by atoms with Crippen molar-refractivity contribution in [2.24, 2.45) is 0 Å². The smallest absolute Gasteiger partial charge is 0.140 e. The molecule has 2 nitrogen and oxygen atoms in total. The molecule has 0 fully saturated rings. The molecular formula is C16H17FO2S. The van der Waals surface area contributed by atoms with Crippen LogP contribution in [0.4, 0.5) is 4.39 Å². The van der Waals surface area contributed by atoms with Crippen molar-refractivity contribution >= 4 is 11.8 Å². The van der Waals surface area contributed by atoms with E-state index in [0.717, 1.165) is 4.90 Å². The van der Waals surface area contributed by atoms with Crippen molar-refractivity contribution in [1.82, 2.24) is 0 Å². The molecule has 0 aromatic heterocycles. The maximum absolute atomic E-state index is 13.6. The molecule has 0 saturated heterocycles. The van der Waals surface area contributed by atoms with Gasteiger partial charge >= 0.3 is 0 Å². The summed E-state index contributed by atoms with van der Waals surface area (Å²) in [6, 6.07) is 10.6. The highest BCUT2D eigenvalue weighted by molar-refractivity contribution is 7.98. The Hall–Kier alpha value is -1.52. The largest absolute Gasteiger partial charge is 0.456 e. The molecular weight excluding hydrogens is 275 g/mol. The Morgan fingerprint density at radius 3 is 2.55 bits per heavy atom. The van der Waals surface area contributed by atoms with Crippen LogP contribution in [0, 0.1) is 12.7 Å². The van der Waals surface area contributed by atoms with Crippen molar-refractivity contribution in [3.05, 3.63) is 53.3 Å². The van der Waals surface area contributed by atoms with E-state index in [1.807, 2.05) is 30.5 Å². The molecule has 1 atom stereocenters. The fourth-order valence-electron chi connectivity index (χ4n) is 1.91. The number of halogens is 1. The molecule has 0 spiro atoms. The molecule has 0 bridgehead atoms. The van der Waals surface area contributed by atoms with Crippen LogP contribution in [-0.4, -0.2) is 11.4 Å². The predicted molar refractivity (Wildman–Crippen MR) is 80.1 cm³/mol. The number of hydrogen-bond donors (Lipinski definition) is 1. The summed E-state index contributed by atoms with van der Waals surface area (Å²) in [5.41, 5.74) is 0.940. The monoisotopic (exact) mass is 292 g/mol. The Kier molecular flexibility index (Phi) is 4.68. The number of aliphatic hydroxyl groups excluding tert-OH is 1. The van der Waals surface area contributed by atoms with Crippen molar-refractivity contribution in [3.8, 4) is 11.5 Å². The van der Waals surface area contributed by atoms with Crippen LogP contribution in [0.1, 0.15) is 24.2 Å². The predicted octanol–water partition coefficient (Wildman–Crippen LogP) is 4.70. The molecule has 20 heavy (non-hydrogen) atoms. The van der Waals surface area contributed by atoms with Gasteiger partial charge in [-0.1, -0.05) is 12.1 Å². The molecule has 0 heterocycles. The number of aryl methyl sites for hydroxylation is 1. The van der Waals surface area contributed by atoms with Gasteiger partial charge in [-0.15, -0.1) is 11.8 Å². The zero-order valence-corrected chi connectivity index (χ0v) is 12.5. The van der Waals surface area contributed by atoms with Crippen LogP contribution in [-0.2, 0) is 0 Å². The maximum Gasteiger partial charge on any atom is 0.140 e. The number of aliphatic hydroxyl groups is 1. The summed E-state index contributed by atoms with van der Waals surface area (Å²) >= 11 is 1.57. The lowest BCUT2D eigenvalue weighted by Crippen LogP contribution is -1.99. The second-order valence-electron chi connectivity index (χ2n) is 4.57. The average Bonchev–Trinajstić information content (AvgIpc) is 2.43. The number of rotatable bonds is 4. The number of para-hydroxylation sites is 1. The lowest BCUT2D eigenvalue weighted by Gasteiger charge is -2.16. The highest BCUT2D eigenvalue weighted by Gasteiger charge is 2.14. The maximum atomic E-state index is 13.6. The second kappa shape index (κ2) is 6.29. The Balaban J connectivity index is 2.45. The summed E-state index contributed by atoms with van der Waals surface area (Å²) in [5, 5.41) is 9.77. The van der Waals surface area contributed by atoms with E-state index in [0.29, 0.717) is 22.6 Å². The van der Waals surface area contributed by atoms with Gasteiger partial charge in [-0.25, -0.2) is 4.39 Å². The highest BCUT2D eigenvalue weighted by Crippen LogP contribution is 2.35. The summed E-state index contributed by atoms with van der Waals surface area (Å²) < 4.78 is 19.5. The summed E-state index contributed by atoms with van der Waals surface area (Å²) in [6.07, 6.45) is 1.18. The van der Waals surface area contributed by atoms with Crippen molar-refractivity contribution < 1.29 is 14.2 Å². The summed E-state index contributed by atoms with van der Waals surface area (Å²) in [6.45, 7) is 3.27. The lowest BCUT2D eigenvalue weighted by atomic mass is 10.1. The van der Waals surface area contributed by atoms with E-state index < -0.39 is 6.10 Å². The van der Waals surface area contributed by atoms with E-state index in [-0.39, 0.29) is 5.82 Å². The van der Waals surface area contributed by atoms with Crippen LogP contribution in [0.15, 0.2) is 41.3 Å². The first kappa shape index (κ1) is 14.9. The van der Waals surface area contributed by atoms with E-state index in [4.69, 9.17) is 4.74 Å². The number of hydrogen-bond acceptors (Lipinski definition) is 3. The zero-order chi connectivity index (χ0) is 14.7. The Morgan fingerprint density at radius 1 is 1.20 bits per heavy atom. The first-order chi connectivity index (χ1) is 9.52. The third kappa shape index (κ3) is 3.14. The van der Waals surface area contributed by atoms with Gasteiger partial charge in [0, 0.05) is 10.5 Å². The van der Waals surface area contributed by atoms with Gasteiger partial charge in [-0.05, 0) is 49.9 Å². The summed E-state index contributed by atoms with van der Waals surface area (Å²) in [7, 11) is 0. The van der Waals surface area contributed by atoms with Gasteiger partial charge in [0.15, 0.2) is 0 Å². The fourth-order valence-corrected chi connectivity index (χ4v) is 2.43. The van der Waals surface area contributed by atoms with Gasteiger partial charge in [0.2, 0.25) is 0 Å². The van der Waals surface area contributed by atoms with Gasteiger partial charge in [-0.2, -0.15) is 0 Å². The normalized spacial score (nSPS) is 12.2. The zero-order valence-electron chi connectivity index (χ0n) is 11.7. The second-order valence-corrected chi connectivity index (χ2v) is 5.42. The standard InChI is InChI=1S/C16H17FO2S/c1-10-8-15(12(11(2)18)9-13(10)17)19-14-6-4-5-7-16(14)20-3/h4-9,11,18H,1-3H3/t11-/m1/s1. The van der Waals surface area contributed by atoms with Crippen LogP contribution in [0.2, 0.25) is 0 Å². The van der Waals surface area contributed by atoms with E-state index >= 15 is 0 Å². The highest BCUT2D eigenvalue weighted by atomic mass is 32.2. The van der Waals surface area contributed by atoms with Gasteiger partial charge in [0.25, 0.3) is 0 Å². The van der Waals surface area contributed by atoms with Crippen LogP contribution >= 0.6 is 11.8 Å². The molecule has 0 unspecified atom stereocenters. The van der Waals surface area contributed by atoms with Gasteiger partial charge < -0.3 is 9.84 Å². The Morgan fingerprint density at radius 2 is 1.90 bits per heavy atom. The molecule has 106 valence electrons. The molecule has 2 rings (SSSR count). The minimum Gasteiger partial charge on any atom is -0.456 e. The van der Waals surface area contributed by atoms with Crippen molar-refractivity contribution in [2.45, 2.75) is 24.8 Å². The van der Waals surface area contributed by atoms with Gasteiger partial charge in [0.1, 0.15) is 17.3 Å². The SMILES string of the molecule is CSc1ccccc1Oc1cc(C)c(F)cc1[C@@H](C)O. The molecule has 0 saturated carbocycles. The Bertz CT molecular complexity index is 611. The molecule has 0 aliphatic heterocycles. The summed E-state index contributed by atoms with van der Waals surface area (Å²) in [4.78, 5) is 0.992. The fraction of sp³-hybridized carbons (Fsp3) is 0.250. The lowest BCUT2D eigenvalue weighted by molar-refractivity contribution is 0.195. The topological polar surface area (TPSA) is 29.5 Å². The first-order valence-electron chi connectivity index (χ1n) is 6.32. The molecule has 0 radical (unpaired) electrons. The quantitative estimate of drug-likeness (QED) is 0.828. The van der Waals surface area contributed by atoms with Gasteiger partial charge in [-0.3, -0.25) is 0 Å². The third-order valence-electron chi connectivity index (χ3n) is 3.03.